The van der Waals surface area contributed by atoms with E-state index in [4.69, 9.17) is 17.0 Å². The fourth-order valence-corrected chi connectivity index (χ4v) is 2.55. The lowest BCUT2D eigenvalue weighted by molar-refractivity contribution is -0.116. The van der Waals surface area contributed by atoms with Crippen LogP contribution in [0.5, 0.6) is 5.75 Å². The van der Waals surface area contributed by atoms with Gasteiger partial charge in [-0.2, -0.15) is 0 Å². The zero-order valence-electron chi connectivity index (χ0n) is 16.5. The van der Waals surface area contributed by atoms with E-state index in [0.717, 1.165) is 12.1 Å². The SMILES string of the molecule is CCC(C)Oc1cccc(C(=O)NC(=S)Nc2cccc(N(C)C(C)=O)c2)c1. The summed E-state index contributed by atoms with van der Waals surface area (Å²) in [4.78, 5) is 25.5. The summed E-state index contributed by atoms with van der Waals surface area (Å²) in [5.41, 5.74) is 1.85. The van der Waals surface area contributed by atoms with Gasteiger partial charge in [-0.25, -0.2) is 0 Å². The third-order valence-corrected chi connectivity index (χ3v) is 4.40. The molecule has 6 nitrogen and oxygen atoms in total. The van der Waals surface area contributed by atoms with Gasteiger partial charge >= 0.3 is 0 Å². The van der Waals surface area contributed by atoms with Crippen molar-refractivity contribution in [2.75, 3.05) is 17.3 Å². The van der Waals surface area contributed by atoms with Crippen molar-refractivity contribution in [2.45, 2.75) is 33.3 Å². The predicted molar refractivity (Wildman–Crippen MR) is 116 cm³/mol. The fraction of sp³-hybridized carbons (Fsp3) is 0.286. The molecule has 2 aromatic carbocycles. The van der Waals surface area contributed by atoms with Gasteiger partial charge < -0.3 is 15.0 Å². The van der Waals surface area contributed by atoms with Gasteiger partial charge in [0, 0.05) is 30.9 Å². The number of amides is 2. The van der Waals surface area contributed by atoms with Gasteiger partial charge in [-0.05, 0) is 62.0 Å². The van der Waals surface area contributed by atoms with Crippen LogP contribution in [0.25, 0.3) is 0 Å². The average Bonchev–Trinajstić information content (AvgIpc) is 2.67. The third-order valence-electron chi connectivity index (χ3n) is 4.20. The molecule has 0 saturated carbocycles. The van der Waals surface area contributed by atoms with Crippen molar-refractivity contribution in [1.82, 2.24) is 5.32 Å². The molecule has 7 heteroatoms. The molecule has 2 aromatic rings. The first-order valence-corrected chi connectivity index (χ1v) is 9.44. The minimum atomic E-state index is -0.330. The van der Waals surface area contributed by atoms with Gasteiger partial charge in [0.1, 0.15) is 5.75 Å². The number of nitrogens with zero attached hydrogens (tertiary/aromatic N) is 1. The Kier molecular flexibility index (Phi) is 7.52. The normalized spacial score (nSPS) is 11.3. The molecular formula is C21H25N3O3S. The molecule has 0 fully saturated rings. The standard InChI is InChI=1S/C21H25N3O3S/c1-5-14(2)27-19-11-6-8-16(12-19)20(26)23-21(28)22-17-9-7-10-18(13-17)24(4)15(3)25/h6-14H,5H2,1-4H3,(H2,22,23,26,28). The number of nitrogens with one attached hydrogen (secondary N) is 2. The lowest BCUT2D eigenvalue weighted by atomic mass is 10.2. The highest BCUT2D eigenvalue weighted by atomic mass is 32.1. The highest BCUT2D eigenvalue weighted by molar-refractivity contribution is 7.80. The summed E-state index contributed by atoms with van der Waals surface area (Å²) in [6, 6.07) is 14.2. The zero-order valence-corrected chi connectivity index (χ0v) is 17.3. The van der Waals surface area contributed by atoms with Crippen LogP contribution in [0.4, 0.5) is 11.4 Å². The summed E-state index contributed by atoms with van der Waals surface area (Å²) in [7, 11) is 1.69. The van der Waals surface area contributed by atoms with Crippen molar-refractivity contribution in [2.24, 2.45) is 0 Å². The van der Waals surface area contributed by atoms with Crippen molar-refractivity contribution >= 4 is 40.5 Å². The van der Waals surface area contributed by atoms with E-state index in [1.807, 2.05) is 26.0 Å². The number of carbonyl (C=O) groups excluding carboxylic acids is 2. The van der Waals surface area contributed by atoms with Crippen LogP contribution >= 0.6 is 12.2 Å². The summed E-state index contributed by atoms with van der Waals surface area (Å²) >= 11 is 5.24. The van der Waals surface area contributed by atoms with E-state index >= 15 is 0 Å². The molecule has 2 amide bonds. The van der Waals surface area contributed by atoms with E-state index in [0.29, 0.717) is 17.0 Å². The van der Waals surface area contributed by atoms with E-state index in [1.165, 1.54) is 11.8 Å². The number of rotatable bonds is 6. The molecule has 28 heavy (non-hydrogen) atoms. The Morgan fingerprint density at radius 3 is 2.57 bits per heavy atom. The molecule has 1 unspecified atom stereocenters. The molecular weight excluding hydrogens is 374 g/mol. The van der Waals surface area contributed by atoms with Gasteiger partial charge in [-0.1, -0.05) is 19.1 Å². The van der Waals surface area contributed by atoms with Crippen LogP contribution in [0.1, 0.15) is 37.6 Å². The largest absolute Gasteiger partial charge is 0.491 e. The lowest BCUT2D eigenvalue weighted by Gasteiger charge is -2.17. The van der Waals surface area contributed by atoms with Crippen LogP contribution in [0.15, 0.2) is 48.5 Å². The Balaban J connectivity index is 2.01. The van der Waals surface area contributed by atoms with Crippen LogP contribution in [-0.4, -0.2) is 30.1 Å². The maximum atomic E-state index is 12.5. The molecule has 1 atom stereocenters. The molecule has 0 spiro atoms. The number of benzene rings is 2. The minimum Gasteiger partial charge on any atom is -0.491 e. The van der Waals surface area contributed by atoms with Crippen molar-refractivity contribution < 1.29 is 14.3 Å². The van der Waals surface area contributed by atoms with Crippen LogP contribution in [0.3, 0.4) is 0 Å². The number of hydrogen-bond donors (Lipinski definition) is 2. The van der Waals surface area contributed by atoms with Crippen molar-refractivity contribution in [3.05, 3.63) is 54.1 Å². The summed E-state index contributed by atoms with van der Waals surface area (Å²) in [6.45, 7) is 5.50. The van der Waals surface area contributed by atoms with Gasteiger partial charge in [0.2, 0.25) is 5.91 Å². The molecule has 0 aliphatic carbocycles. The van der Waals surface area contributed by atoms with E-state index in [-0.39, 0.29) is 23.0 Å². The summed E-state index contributed by atoms with van der Waals surface area (Å²) in [6.07, 6.45) is 0.948. The first kappa shape index (κ1) is 21.4. The fourth-order valence-electron chi connectivity index (χ4n) is 2.34. The Morgan fingerprint density at radius 1 is 1.18 bits per heavy atom. The maximum Gasteiger partial charge on any atom is 0.257 e. The highest BCUT2D eigenvalue weighted by Gasteiger charge is 2.11. The van der Waals surface area contributed by atoms with Gasteiger partial charge in [0.05, 0.1) is 6.10 Å². The Labute approximate surface area is 170 Å². The maximum absolute atomic E-state index is 12.5. The molecule has 2 N–H and O–H groups in total. The van der Waals surface area contributed by atoms with Crippen LogP contribution < -0.4 is 20.3 Å². The highest BCUT2D eigenvalue weighted by Crippen LogP contribution is 2.19. The molecule has 2 rings (SSSR count). The summed E-state index contributed by atoms with van der Waals surface area (Å²) < 4.78 is 5.75. The number of anilines is 2. The molecule has 0 heterocycles. The van der Waals surface area contributed by atoms with Crippen LogP contribution in [0.2, 0.25) is 0 Å². The predicted octanol–water partition coefficient (Wildman–Crippen LogP) is 3.97. The quantitative estimate of drug-likeness (QED) is 0.719. The molecule has 0 aliphatic rings. The summed E-state index contributed by atoms with van der Waals surface area (Å²) in [5.74, 6) is 0.234. The third kappa shape index (κ3) is 6.06. The zero-order chi connectivity index (χ0) is 20.7. The van der Waals surface area contributed by atoms with Crippen LogP contribution in [-0.2, 0) is 4.79 Å². The first-order chi connectivity index (χ1) is 13.3. The number of thiocarbonyl (C=S) groups is 1. The van der Waals surface area contributed by atoms with Crippen molar-refractivity contribution in [3.63, 3.8) is 0 Å². The lowest BCUT2D eigenvalue weighted by Crippen LogP contribution is -2.34. The van der Waals surface area contributed by atoms with Gasteiger partial charge in [-0.3, -0.25) is 14.9 Å². The van der Waals surface area contributed by atoms with Gasteiger partial charge in [0.25, 0.3) is 5.91 Å². The molecule has 148 valence electrons. The Bertz CT molecular complexity index is 869. The van der Waals surface area contributed by atoms with E-state index in [9.17, 15) is 9.59 Å². The second kappa shape index (κ2) is 9.85. The second-order valence-electron chi connectivity index (χ2n) is 6.40. The van der Waals surface area contributed by atoms with E-state index in [2.05, 4.69) is 10.6 Å². The Morgan fingerprint density at radius 2 is 1.89 bits per heavy atom. The minimum absolute atomic E-state index is 0.0708. The van der Waals surface area contributed by atoms with Crippen molar-refractivity contribution in [3.8, 4) is 5.75 Å². The van der Waals surface area contributed by atoms with Gasteiger partial charge in [-0.15, -0.1) is 0 Å². The molecule has 0 radical (unpaired) electrons. The van der Waals surface area contributed by atoms with Crippen molar-refractivity contribution in [1.29, 1.82) is 0 Å². The summed E-state index contributed by atoms with van der Waals surface area (Å²) in [5, 5.41) is 5.79. The smallest absolute Gasteiger partial charge is 0.257 e. The monoisotopic (exact) mass is 399 g/mol. The van der Waals surface area contributed by atoms with Gasteiger partial charge in [0.15, 0.2) is 5.11 Å². The first-order valence-electron chi connectivity index (χ1n) is 9.03. The van der Waals surface area contributed by atoms with Crippen LogP contribution in [0, 0.1) is 0 Å². The molecule has 0 aromatic heterocycles. The van der Waals surface area contributed by atoms with E-state index in [1.54, 1.807) is 43.4 Å². The van der Waals surface area contributed by atoms with E-state index < -0.39 is 0 Å². The number of ether oxygens (including phenoxy) is 1. The molecule has 0 saturated heterocycles. The average molecular weight is 400 g/mol. The molecule has 0 bridgehead atoms. The topological polar surface area (TPSA) is 70.7 Å². The second-order valence-corrected chi connectivity index (χ2v) is 6.81. The number of carbonyl (C=O) groups is 2. The number of hydrogen-bond acceptors (Lipinski definition) is 4. The Hall–Kier alpha value is -2.93. The molecule has 0 aliphatic heterocycles.